The first-order valence-electron chi connectivity index (χ1n) is 21.3. The van der Waals surface area contributed by atoms with Crippen LogP contribution in [0.15, 0.2) is 72.4 Å². The number of sulfonamides is 1. The van der Waals surface area contributed by atoms with Crippen molar-refractivity contribution in [2.45, 2.75) is 85.0 Å². The van der Waals surface area contributed by atoms with Crippen LogP contribution >= 0.6 is 11.3 Å². The lowest BCUT2D eigenvalue weighted by atomic mass is 9.85. The van der Waals surface area contributed by atoms with Gasteiger partial charge in [-0.2, -0.15) is 5.10 Å². The second kappa shape index (κ2) is 21.1. The summed E-state index contributed by atoms with van der Waals surface area (Å²) in [6.45, 7) is 9.10. The molecule has 1 fully saturated rings. The third kappa shape index (κ3) is 12.3. The fourth-order valence-corrected chi connectivity index (χ4v) is 8.65. The molecule has 350 valence electrons. The number of amides is 4. The lowest BCUT2D eigenvalue weighted by Gasteiger charge is -2.35. The van der Waals surface area contributed by atoms with Crippen molar-refractivity contribution < 1.29 is 42.2 Å². The van der Waals surface area contributed by atoms with Gasteiger partial charge >= 0.3 is 5.97 Å². The van der Waals surface area contributed by atoms with Gasteiger partial charge in [0.1, 0.15) is 35.0 Å². The second-order valence-electron chi connectivity index (χ2n) is 16.9. The number of primary amides is 1. The molecule has 2 aromatic carbocycles. The van der Waals surface area contributed by atoms with Gasteiger partial charge in [0.2, 0.25) is 27.7 Å². The number of pyridine rings is 1. The maximum Gasteiger partial charge on any atom is 0.339 e. The van der Waals surface area contributed by atoms with Crippen LogP contribution < -0.4 is 26.4 Å². The van der Waals surface area contributed by atoms with Gasteiger partial charge in [0, 0.05) is 43.4 Å². The molecule has 8 N–H and O–H groups in total. The molecule has 66 heavy (non-hydrogen) atoms. The zero-order chi connectivity index (χ0) is 47.8. The number of H-pyrrole nitrogens is 1. The molecule has 0 spiro atoms. The number of hydrogen-bond acceptors (Lipinski definition) is 14. The van der Waals surface area contributed by atoms with E-state index in [0.717, 1.165) is 21.7 Å². The standard InChI is InChI=1S/C45H54N10O9S2/c1-6-66(62,63)54-31-17-14-28(15-18-31)37-36(40(46)58)41(53-52-37)50-34-19-16-30(23-47-34)44(61)64-20-8-7-9-35(57)51-39(45(3,4)5)43(60)55-24-32(56)21-33(55)42(59)48-22-27-10-12-29(13-11-27)38-26(2)49-25-65-38/h10-19,23,25,32-33,39,54,56H,6-9,20-22,24H2,1-5H3,(H2,46,58)(H,48,59)(H,51,57)(H2,47,50,52,53)/t32-,33+,39-/m1/s1. The Hall–Kier alpha value is -6.71. The first kappa shape index (κ1) is 48.7. The van der Waals surface area contributed by atoms with Crippen LogP contribution in [0.25, 0.3) is 21.7 Å². The average molecular weight is 943 g/mol. The highest BCUT2D eigenvalue weighted by Crippen LogP contribution is 2.31. The van der Waals surface area contributed by atoms with Gasteiger partial charge in [-0.3, -0.25) is 29.0 Å². The number of thiazole rings is 1. The number of hydrogen-bond donors (Lipinski definition) is 7. The van der Waals surface area contributed by atoms with Crippen LogP contribution in [0.3, 0.4) is 0 Å². The number of aromatic amines is 1. The molecule has 0 aliphatic carbocycles. The van der Waals surface area contributed by atoms with Crippen LogP contribution in [0.4, 0.5) is 17.3 Å². The number of aryl methyl sites for hydroxylation is 1. The third-order valence-electron chi connectivity index (χ3n) is 10.8. The zero-order valence-corrected chi connectivity index (χ0v) is 38.8. The van der Waals surface area contributed by atoms with E-state index in [-0.39, 0.29) is 66.7 Å². The number of unbranched alkanes of at least 4 members (excludes halogenated alkanes) is 1. The smallest absolute Gasteiger partial charge is 0.339 e. The Labute approximate surface area is 386 Å². The van der Waals surface area contributed by atoms with E-state index in [9.17, 15) is 37.5 Å². The van der Waals surface area contributed by atoms with Crippen molar-refractivity contribution in [2.75, 3.05) is 28.9 Å². The van der Waals surface area contributed by atoms with Crippen molar-refractivity contribution in [2.24, 2.45) is 11.1 Å². The molecule has 1 aliphatic rings. The fraction of sp³-hybridized carbons (Fsp3) is 0.378. The Kier molecular flexibility index (Phi) is 15.6. The van der Waals surface area contributed by atoms with E-state index in [2.05, 4.69) is 40.8 Å². The summed E-state index contributed by atoms with van der Waals surface area (Å²) in [6.07, 6.45) is 1.20. The van der Waals surface area contributed by atoms with E-state index >= 15 is 0 Å². The molecule has 4 heterocycles. The second-order valence-corrected chi connectivity index (χ2v) is 19.7. The van der Waals surface area contributed by atoms with Gasteiger partial charge in [0.25, 0.3) is 5.91 Å². The van der Waals surface area contributed by atoms with E-state index < -0.39 is 63.2 Å². The van der Waals surface area contributed by atoms with Gasteiger partial charge in [0.05, 0.1) is 40.1 Å². The van der Waals surface area contributed by atoms with Crippen LogP contribution in [0.1, 0.15) is 85.4 Å². The molecule has 5 aromatic rings. The largest absolute Gasteiger partial charge is 0.462 e. The molecule has 0 saturated carbocycles. The molecule has 3 atom stereocenters. The van der Waals surface area contributed by atoms with Crippen molar-refractivity contribution >= 4 is 68.3 Å². The molecule has 3 aromatic heterocycles. The van der Waals surface area contributed by atoms with Crippen molar-refractivity contribution in [3.8, 4) is 21.7 Å². The third-order valence-corrected chi connectivity index (χ3v) is 13.1. The lowest BCUT2D eigenvalue weighted by molar-refractivity contribution is -0.144. The van der Waals surface area contributed by atoms with Crippen molar-refractivity contribution in [1.82, 2.24) is 35.7 Å². The molecule has 1 saturated heterocycles. The van der Waals surface area contributed by atoms with Crippen LogP contribution in [-0.4, -0.2) is 105 Å². The number of β-amino-alcohol motifs (C(OH)–C–C–N with tert-alkyl or cyclic N) is 1. The molecule has 19 nitrogen and oxygen atoms in total. The molecule has 1 aliphatic heterocycles. The summed E-state index contributed by atoms with van der Waals surface area (Å²) < 4.78 is 31.7. The summed E-state index contributed by atoms with van der Waals surface area (Å²) in [5, 5.41) is 26.2. The Balaban J connectivity index is 0.954. The van der Waals surface area contributed by atoms with Crippen molar-refractivity contribution in [1.29, 1.82) is 0 Å². The van der Waals surface area contributed by atoms with Gasteiger partial charge in [-0.1, -0.05) is 57.2 Å². The Bertz CT molecular complexity index is 2640. The van der Waals surface area contributed by atoms with Gasteiger partial charge in [-0.25, -0.2) is 23.2 Å². The molecule has 0 unspecified atom stereocenters. The number of aromatic nitrogens is 4. The minimum absolute atomic E-state index is 0.0104. The lowest BCUT2D eigenvalue weighted by Crippen LogP contribution is -2.57. The number of aliphatic hydroxyl groups is 1. The molecule has 0 radical (unpaired) electrons. The van der Waals surface area contributed by atoms with E-state index in [4.69, 9.17) is 10.5 Å². The number of likely N-dealkylation sites (tertiary alicyclic amines) is 1. The van der Waals surface area contributed by atoms with Crippen LogP contribution in [0, 0.1) is 12.3 Å². The Morgan fingerprint density at radius 1 is 1.00 bits per heavy atom. The quantitative estimate of drug-likeness (QED) is 0.0439. The minimum atomic E-state index is -3.48. The summed E-state index contributed by atoms with van der Waals surface area (Å²) >= 11 is 1.56. The summed E-state index contributed by atoms with van der Waals surface area (Å²) in [5.74, 6) is -2.37. The highest BCUT2D eigenvalue weighted by atomic mass is 32.2. The predicted octanol–water partition coefficient (Wildman–Crippen LogP) is 4.64. The maximum absolute atomic E-state index is 14.0. The molecular weight excluding hydrogens is 889 g/mol. The zero-order valence-electron chi connectivity index (χ0n) is 37.2. The highest BCUT2D eigenvalue weighted by Gasteiger charge is 2.44. The van der Waals surface area contributed by atoms with Crippen LogP contribution in [-0.2, 0) is 35.7 Å². The number of carbonyl (C=O) groups is 5. The van der Waals surface area contributed by atoms with E-state index in [1.807, 2.05) is 52.0 Å². The molecular formula is C45H54N10O9S2. The topological polar surface area (TPSA) is 281 Å². The first-order valence-corrected chi connectivity index (χ1v) is 23.8. The molecule has 21 heteroatoms. The average Bonchev–Trinajstić information content (AvgIpc) is 4.02. The number of anilines is 3. The fourth-order valence-electron chi connectivity index (χ4n) is 7.20. The summed E-state index contributed by atoms with van der Waals surface area (Å²) in [7, 11) is -3.48. The molecule has 0 bridgehead atoms. The maximum atomic E-state index is 14.0. The van der Waals surface area contributed by atoms with Gasteiger partial charge in [-0.15, -0.1) is 11.3 Å². The number of nitrogens with two attached hydrogens (primary N) is 1. The minimum Gasteiger partial charge on any atom is -0.462 e. The Morgan fingerprint density at radius 3 is 2.33 bits per heavy atom. The number of benzene rings is 2. The van der Waals surface area contributed by atoms with Gasteiger partial charge in [0.15, 0.2) is 0 Å². The van der Waals surface area contributed by atoms with Crippen LogP contribution in [0.5, 0.6) is 0 Å². The summed E-state index contributed by atoms with van der Waals surface area (Å²) in [5.41, 5.74) is 10.9. The van der Waals surface area contributed by atoms with E-state index in [1.54, 1.807) is 29.0 Å². The molecule has 4 amide bonds. The molecule has 6 rings (SSSR count). The SMILES string of the molecule is CCS(=O)(=O)Nc1ccc(-c2n[nH]c(Nc3ccc(C(=O)OCCCCC(=O)N[C@H](C(=O)N4C[C@H](O)C[C@H]4C(=O)NCc4ccc(-c5scnc5C)cc4)C(C)(C)C)cn3)c2C(N)=O)cc1. The van der Waals surface area contributed by atoms with Crippen molar-refractivity contribution in [3.05, 3.63) is 94.8 Å². The van der Waals surface area contributed by atoms with Crippen molar-refractivity contribution in [3.63, 3.8) is 0 Å². The van der Waals surface area contributed by atoms with E-state index in [1.165, 1.54) is 42.3 Å². The number of esters is 1. The normalized spacial score (nSPS) is 15.5. The summed E-state index contributed by atoms with van der Waals surface area (Å²) in [6, 6.07) is 15.1. The first-order chi connectivity index (χ1) is 31.3. The van der Waals surface area contributed by atoms with Gasteiger partial charge in [-0.05, 0) is 67.5 Å². The Morgan fingerprint density at radius 2 is 1.71 bits per heavy atom. The monoisotopic (exact) mass is 942 g/mol. The number of carbonyl (C=O) groups excluding carboxylic acids is 5. The van der Waals surface area contributed by atoms with Crippen LogP contribution in [0.2, 0.25) is 0 Å². The number of nitrogens with zero attached hydrogens (tertiary/aromatic N) is 4. The number of rotatable bonds is 19. The van der Waals surface area contributed by atoms with Gasteiger partial charge < -0.3 is 36.4 Å². The van der Waals surface area contributed by atoms with E-state index in [0.29, 0.717) is 24.1 Å². The summed E-state index contributed by atoms with van der Waals surface area (Å²) in [4.78, 5) is 76.8. The number of ether oxygens (including phenoxy) is 1. The number of nitrogens with one attached hydrogen (secondary N) is 5. The highest BCUT2D eigenvalue weighted by molar-refractivity contribution is 7.92. The predicted molar refractivity (Wildman–Crippen MR) is 249 cm³/mol. The number of aliphatic hydroxyl groups excluding tert-OH is 1.